The van der Waals surface area contributed by atoms with E-state index in [2.05, 4.69) is 27.0 Å². The number of hydrogen-bond donors (Lipinski definition) is 0. The Morgan fingerprint density at radius 2 is 1.86 bits per heavy atom. The summed E-state index contributed by atoms with van der Waals surface area (Å²) in [5, 5.41) is 9.74. The Bertz CT molecular complexity index is 1060. The molecule has 3 aromatic rings. The van der Waals surface area contributed by atoms with Crippen molar-refractivity contribution < 1.29 is 4.42 Å². The van der Waals surface area contributed by atoms with Crippen molar-refractivity contribution in [1.82, 2.24) is 24.3 Å². The second-order valence-corrected chi connectivity index (χ2v) is 7.96. The lowest BCUT2D eigenvalue weighted by molar-refractivity contribution is 0.118. The van der Waals surface area contributed by atoms with Crippen LogP contribution in [0.2, 0.25) is 5.02 Å². The molecule has 1 aromatic carbocycles. The fraction of sp³-hybridized carbons (Fsp3) is 0.350. The molecule has 0 radical (unpaired) electrons. The van der Waals surface area contributed by atoms with Crippen molar-refractivity contribution in [2.75, 3.05) is 33.2 Å². The average Bonchev–Trinajstić information content (AvgIpc) is 3.28. The van der Waals surface area contributed by atoms with Crippen LogP contribution in [-0.4, -0.2) is 63.7 Å². The molecule has 0 bridgehead atoms. The molecular formula is C20H23ClN6OS. The van der Waals surface area contributed by atoms with Crippen LogP contribution in [0.3, 0.4) is 0 Å². The molecular weight excluding hydrogens is 408 g/mol. The van der Waals surface area contributed by atoms with E-state index in [9.17, 15) is 0 Å². The van der Waals surface area contributed by atoms with Crippen molar-refractivity contribution >= 4 is 30.0 Å². The molecule has 1 aliphatic heterocycles. The summed E-state index contributed by atoms with van der Waals surface area (Å²) in [6, 6.07) is 11.3. The van der Waals surface area contributed by atoms with Crippen molar-refractivity contribution in [3.8, 4) is 11.3 Å². The molecule has 0 unspecified atom stereocenters. The van der Waals surface area contributed by atoms with Gasteiger partial charge in [0.25, 0.3) is 0 Å². The standard InChI is InChI=1S/C20H23ClN6OS/c1-15-23-26(14-25-11-9-24(2)10-12-25)20(29)27(15)22-13-18-7-8-19(28-18)16-3-5-17(21)6-4-16/h3-8,13H,9-12,14H2,1-2H3/b22-13-. The molecule has 0 amide bonds. The molecule has 3 heterocycles. The predicted octanol–water partition coefficient (Wildman–Crippen LogP) is 3.72. The zero-order valence-electron chi connectivity index (χ0n) is 16.5. The van der Waals surface area contributed by atoms with Crippen LogP contribution in [0.4, 0.5) is 0 Å². The van der Waals surface area contributed by atoms with Crippen molar-refractivity contribution in [2.24, 2.45) is 5.10 Å². The smallest absolute Gasteiger partial charge is 0.220 e. The van der Waals surface area contributed by atoms with Crippen LogP contribution in [0.5, 0.6) is 0 Å². The topological polar surface area (TPSA) is 54.7 Å². The van der Waals surface area contributed by atoms with Crippen LogP contribution in [0.15, 0.2) is 45.9 Å². The van der Waals surface area contributed by atoms with E-state index in [0.717, 1.165) is 43.3 Å². The van der Waals surface area contributed by atoms with Gasteiger partial charge in [-0.1, -0.05) is 11.6 Å². The Kier molecular flexibility index (Phi) is 5.96. The minimum Gasteiger partial charge on any atom is -0.455 e. The van der Waals surface area contributed by atoms with Gasteiger partial charge in [-0.15, -0.1) is 0 Å². The van der Waals surface area contributed by atoms with Gasteiger partial charge in [0.05, 0.1) is 12.9 Å². The normalized spacial score (nSPS) is 16.1. The molecule has 1 fully saturated rings. The number of nitrogens with zero attached hydrogens (tertiary/aromatic N) is 6. The first-order chi connectivity index (χ1) is 14.0. The highest BCUT2D eigenvalue weighted by Gasteiger charge is 2.16. The molecule has 4 rings (SSSR count). The van der Waals surface area contributed by atoms with E-state index in [1.807, 2.05) is 48.0 Å². The predicted molar refractivity (Wildman–Crippen MR) is 117 cm³/mol. The number of benzene rings is 1. The fourth-order valence-corrected chi connectivity index (χ4v) is 3.62. The summed E-state index contributed by atoms with van der Waals surface area (Å²) in [5.74, 6) is 2.14. The van der Waals surface area contributed by atoms with E-state index < -0.39 is 0 Å². The Balaban J connectivity index is 1.48. The number of rotatable bonds is 5. The molecule has 0 spiro atoms. The lowest BCUT2D eigenvalue weighted by atomic mass is 10.2. The van der Waals surface area contributed by atoms with E-state index in [-0.39, 0.29) is 0 Å². The molecule has 1 saturated heterocycles. The Morgan fingerprint density at radius 3 is 2.59 bits per heavy atom. The minimum absolute atomic E-state index is 0.571. The third-order valence-corrected chi connectivity index (χ3v) is 5.60. The summed E-state index contributed by atoms with van der Waals surface area (Å²) in [6.07, 6.45) is 1.66. The lowest BCUT2D eigenvalue weighted by Gasteiger charge is -2.31. The van der Waals surface area contributed by atoms with E-state index in [1.165, 1.54) is 0 Å². The van der Waals surface area contributed by atoms with Crippen LogP contribution in [0, 0.1) is 11.7 Å². The summed E-state index contributed by atoms with van der Waals surface area (Å²) in [4.78, 5) is 4.67. The maximum atomic E-state index is 5.94. The largest absolute Gasteiger partial charge is 0.455 e. The summed E-state index contributed by atoms with van der Waals surface area (Å²) >= 11 is 11.5. The monoisotopic (exact) mass is 430 g/mol. The quantitative estimate of drug-likeness (QED) is 0.456. The highest BCUT2D eigenvalue weighted by atomic mass is 35.5. The van der Waals surface area contributed by atoms with E-state index in [0.29, 0.717) is 22.2 Å². The summed E-state index contributed by atoms with van der Waals surface area (Å²) < 4.78 is 9.93. The zero-order chi connectivity index (χ0) is 20.4. The molecule has 29 heavy (non-hydrogen) atoms. The van der Waals surface area contributed by atoms with Gasteiger partial charge in [0.2, 0.25) is 4.77 Å². The minimum atomic E-state index is 0.571. The van der Waals surface area contributed by atoms with Gasteiger partial charge in [0.1, 0.15) is 11.5 Å². The molecule has 1 aliphatic rings. The molecule has 0 N–H and O–H groups in total. The summed E-state index contributed by atoms with van der Waals surface area (Å²) in [5.41, 5.74) is 0.960. The summed E-state index contributed by atoms with van der Waals surface area (Å²) in [6.45, 7) is 6.70. The third kappa shape index (κ3) is 4.67. The first kappa shape index (κ1) is 20.0. The van der Waals surface area contributed by atoms with Crippen LogP contribution in [0.25, 0.3) is 11.3 Å². The molecule has 7 nitrogen and oxygen atoms in total. The molecule has 152 valence electrons. The Hall–Kier alpha value is -2.26. The van der Waals surface area contributed by atoms with Gasteiger partial charge in [-0.25, -0.2) is 4.68 Å². The molecule has 9 heteroatoms. The number of likely N-dealkylation sites (N-methyl/N-ethyl adjacent to an activating group) is 1. The zero-order valence-corrected chi connectivity index (χ0v) is 18.0. The van der Waals surface area contributed by atoms with Crippen LogP contribution in [0.1, 0.15) is 11.6 Å². The fourth-order valence-electron chi connectivity index (χ4n) is 3.22. The Morgan fingerprint density at radius 1 is 1.14 bits per heavy atom. The van der Waals surface area contributed by atoms with Crippen molar-refractivity contribution in [3.63, 3.8) is 0 Å². The van der Waals surface area contributed by atoms with E-state index in [1.54, 1.807) is 10.9 Å². The maximum absolute atomic E-state index is 5.94. The van der Waals surface area contributed by atoms with Crippen molar-refractivity contribution in [1.29, 1.82) is 0 Å². The van der Waals surface area contributed by atoms with Crippen LogP contribution in [-0.2, 0) is 6.67 Å². The van der Waals surface area contributed by atoms with E-state index in [4.69, 9.17) is 28.2 Å². The highest BCUT2D eigenvalue weighted by Crippen LogP contribution is 2.23. The number of aryl methyl sites for hydroxylation is 1. The number of piperazine rings is 1. The van der Waals surface area contributed by atoms with Gasteiger partial charge in [-0.05, 0) is 62.6 Å². The number of halogens is 1. The van der Waals surface area contributed by atoms with Crippen LogP contribution >= 0.6 is 23.8 Å². The SMILES string of the molecule is Cc1nn(CN2CCN(C)CC2)c(=S)n1/N=C\c1ccc(-c2ccc(Cl)cc2)o1. The molecule has 2 aromatic heterocycles. The first-order valence-corrected chi connectivity index (χ1v) is 10.3. The van der Waals surface area contributed by atoms with E-state index >= 15 is 0 Å². The molecule has 0 saturated carbocycles. The molecule has 0 atom stereocenters. The van der Waals surface area contributed by atoms with Gasteiger partial charge < -0.3 is 9.32 Å². The summed E-state index contributed by atoms with van der Waals surface area (Å²) in [7, 11) is 2.14. The maximum Gasteiger partial charge on any atom is 0.220 e. The second kappa shape index (κ2) is 8.62. The van der Waals surface area contributed by atoms with Crippen LogP contribution < -0.4 is 0 Å². The number of aromatic nitrogens is 3. The van der Waals surface area contributed by atoms with Gasteiger partial charge in [0.15, 0.2) is 5.82 Å². The van der Waals surface area contributed by atoms with Crippen molar-refractivity contribution in [3.05, 3.63) is 57.8 Å². The van der Waals surface area contributed by atoms with Gasteiger partial charge >= 0.3 is 0 Å². The second-order valence-electron chi connectivity index (χ2n) is 7.16. The highest BCUT2D eigenvalue weighted by molar-refractivity contribution is 7.71. The number of hydrogen-bond acceptors (Lipinski definition) is 6. The first-order valence-electron chi connectivity index (χ1n) is 9.47. The van der Waals surface area contributed by atoms with Gasteiger partial charge in [-0.3, -0.25) is 4.90 Å². The third-order valence-electron chi connectivity index (χ3n) is 4.96. The number of furan rings is 1. The molecule has 0 aliphatic carbocycles. The van der Waals surface area contributed by atoms with Gasteiger partial charge in [0, 0.05) is 36.8 Å². The van der Waals surface area contributed by atoms with Gasteiger partial charge in [-0.2, -0.15) is 14.9 Å². The van der Waals surface area contributed by atoms with Crippen molar-refractivity contribution in [2.45, 2.75) is 13.6 Å². The Labute approximate surface area is 179 Å². The lowest BCUT2D eigenvalue weighted by Crippen LogP contribution is -2.45. The average molecular weight is 431 g/mol.